The van der Waals surface area contributed by atoms with Gasteiger partial charge in [0.05, 0.1) is 12.8 Å². The van der Waals surface area contributed by atoms with Crippen LogP contribution in [0.1, 0.15) is 19.1 Å². The molecule has 0 atom stereocenters. The summed E-state index contributed by atoms with van der Waals surface area (Å²) in [7, 11) is 0. The standard InChI is InChI=1S/C19H25FN4O2S/c1-2-21-19(24-14-18(25)23-13-16-5-3-11-26-16)22-10-4-12-27-17-8-6-15(20)7-9-17/h3,5-9,11H,2,4,10,12-14H2,1H3,(H,23,25)(H2,21,22,24). The first-order chi connectivity index (χ1) is 13.2. The molecular formula is C19H25FN4O2S. The smallest absolute Gasteiger partial charge is 0.242 e. The molecule has 0 saturated carbocycles. The Morgan fingerprint density at radius 1 is 1.19 bits per heavy atom. The summed E-state index contributed by atoms with van der Waals surface area (Å²) in [5.41, 5.74) is 0. The molecule has 0 aliphatic heterocycles. The van der Waals surface area contributed by atoms with E-state index in [0.717, 1.165) is 23.6 Å². The molecule has 0 fully saturated rings. The van der Waals surface area contributed by atoms with E-state index < -0.39 is 0 Å². The van der Waals surface area contributed by atoms with Crippen LogP contribution in [0.3, 0.4) is 0 Å². The van der Waals surface area contributed by atoms with Crippen LogP contribution in [0.5, 0.6) is 0 Å². The van der Waals surface area contributed by atoms with Gasteiger partial charge in [0.25, 0.3) is 0 Å². The molecular weight excluding hydrogens is 367 g/mol. The van der Waals surface area contributed by atoms with Crippen LogP contribution in [-0.4, -0.2) is 37.3 Å². The molecule has 1 aromatic carbocycles. The van der Waals surface area contributed by atoms with Gasteiger partial charge in [0.2, 0.25) is 5.91 Å². The molecule has 1 heterocycles. The van der Waals surface area contributed by atoms with Crippen molar-refractivity contribution >= 4 is 23.6 Å². The summed E-state index contributed by atoms with van der Waals surface area (Å²) in [5, 5.41) is 9.08. The van der Waals surface area contributed by atoms with Crippen LogP contribution < -0.4 is 16.0 Å². The number of rotatable bonds is 10. The van der Waals surface area contributed by atoms with Gasteiger partial charge in [0.1, 0.15) is 18.1 Å². The summed E-state index contributed by atoms with van der Waals surface area (Å²) in [6.45, 7) is 3.81. The zero-order valence-electron chi connectivity index (χ0n) is 15.3. The minimum Gasteiger partial charge on any atom is -0.467 e. The first kappa shape index (κ1) is 20.8. The van der Waals surface area contributed by atoms with Crippen LogP contribution in [0.2, 0.25) is 0 Å². The van der Waals surface area contributed by atoms with E-state index in [0.29, 0.717) is 24.8 Å². The molecule has 0 aliphatic rings. The Morgan fingerprint density at radius 2 is 2.00 bits per heavy atom. The number of guanidine groups is 1. The number of thioether (sulfide) groups is 1. The van der Waals surface area contributed by atoms with Gasteiger partial charge in [-0.1, -0.05) is 0 Å². The quantitative estimate of drug-likeness (QED) is 0.251. The second-order valence-corrected chi connectivity index (χ2v) is 6.80. The highest BCUT2D eigenvalue weighted by atomic mass is 32.2. The highest BCUT2D eigenvalue weighted by Crippen LogP contribution is 2.18. The Labute approximate surface area is 163 Å². The molecule has 2 rings (SSSR count). The first-order valence-electron chi connectivity index (χ1n) is 8.87. The second-order valence-electron chi connectivity index (χ2n) is 5.63. The van der Waals surface area contributed by atoms with Crippen LogP contribution in [0.25, 0.3) is 0 Å². The molecule has 0 unspecified atom stereocenters. The van der Waals surface area contributed by atoms with Crippen molar-refractivity contribution in [2.24, 2.45) is 4.99 Å². The topological polar surface area (TPSA) is 78.7 Å². The Kier molecular flexibility index (Phi) is 9.26. The molecule has 1 aromatic heterocycles. The number of hydrogen-bond donors (Lipinski definition) is 3. The maximum atomic E-state index is 12.9. The molecule has 2 aromatic rings. The summed E-state index contributed by atoms with van der Waals surface area (Å²) in [6, 6.07) is 10.1. The normalized spacial score (nSPS) is 11.3. The third-order valence-electron chi connectivity index (χ3n) is 3.46. The fourth-order valence-electron chi connectivity index (χ4n) is 2.15. The minimum absolute atomic E-state index is 0.0420. The summed E-state index contributed by atoms with van der Waals surface area (Å²) in [6.07, 6.45) is 2.48. The first-order valence-corrected chi connectivity index (χ1v) is 9.85. The minimum atomic E-state index is -0.222. The Hall–Kier alpha value is -2.48. The number of benzene rings is 1. The van der Waals surface area contributed by atoms with Crippen molar-refractivity contribution in [2.75, 3.05) is 25.4 Å². The molecule has 27 heavy (non-hydrogen) atoms. The number of aliphatic imine (C=N–C) groups is 1. The van der Waals surface area contributed by atoms with Gasteiger partial charge in [-0.15, -0.1) is 11.8 Å². The summed E-state index contributed by atoms with van der Waals surface area (Å²) in [5.74, 6) is 1.83. The molecule has 8 heteroatoms. The lowest BCUT2D eigenvalue weighted by molar-refractivity contribution is -0.119. The lowest BCUT2D eigenvalue weighted by Crippen LogP contribution is -2.39. The lowest BCUT2D eigenvalue weighted by Gasteiger charge is -2.11. The van der Waals surface area contributed by atoms with E-state index in [9.17, 15) is 9.18 Å². The zero-order valence-corrected chi connectivity index (χ0v) is 16.2. The van der Waals surface area contributed by atoms with Crippen LogP contribution in [-0.2, 0) is 11.3 Å². The van der Waals surface area contributed by atoms with Crippen molar-refractivity contribution < 1.29 is 13.6 Å². The van der Waals surface area contributed by atoms with Crippen molar-refractivity contribution in [1.29, 1.82) is 0 Å². The fraction of sp³-hybridized carbons (Fsp3) is 0.368. The van der Waals surface area contributed by atoms with Gasteiger partial charge in [-0.3, -0.25) is 4.79 Å². The number of nitrogens with zero attached hydrogens (tertiary/aromatic N) is 1. The number of hydrogen-bond acceptors (Lipinski definition) is 4. The number of furan rings is 1. The Morgan fingerprint density at radius 3 is 2.70 bits per heavy atom. The summed E-state index contributed by atoms with van der Waals surface area (Å²) >= 11 is 1.68. The van der Waals surface area contributed by atoms with E-state index in [4.69, 9.17) is 4.42 Å². The third-order valence-corrected chi connectivity index (χ3v) is 4.56. The van der Waals surface area contributed by atoms with Crippen molar-refractivity contribution in [1.82, 2.24) is 16.0 Å². The van der Waals surface area contributed by atoms with Crippen LogP contribution >= 0.6 is 11.8 Å². The van der Waals surface area contributed by atoms with Crippen molar-refractivity contribution in [3.05, 3.63) is 54.2 Å². The Balaban J connectivity index is 1.64. The average molecular weight is 393 g/mol. The van der Waals surface area contributed by atoms with Gasteiger partial charge in [-0.2, -0.15) is 0 Å². The maximum Gasteiger partial charge on any atom is 0.242 e. The van der Waals surface area contributed by atoms with Crippen LogP contribution in [0.15, 0.2) is 57.0 Å². The zero-order chi connectivity index (χ0) is 19.3. The van der Waals surface area contributed by atoms with E-state index in [-0.39, 0.29) is 18.3 Å². The summed E-state index contributed by atoms with van der Waals surface area (Å²) in [4.78, 5) is 17.2. The highest BCUT2D eigenvalue weighted by Gasteiger charge is 2.03. The van der Waals surface area contributed by atoms with Gasteiger partial charge in [-0.25, -0.2) is 9.38 Å². The number of halogens is 1. The van der Waals surface area contributed by atoms with E-state index in [1.165, 1.54) is 12.1 Å². The predicted molar refractivity (Wildman–Crippen MR) is 106 cm³/mol. The van der Waals surface area contributed by atoms with E-state index in [2.05, 4.69) is 20.9 Å². The Bertz CT molecular complexity index is 705. The third kappa shape index (κ3) is 8.63. The molecule has 0 saturated heterocycles. The van der Waals surface area contributed by atoms with Gasteiger partial charge >= 0.3 is 0 Å². The van der Waals surface area contributed by atoms with Crippen LogP contribution in [0.4, 0.5) is 4.39 Å². The van der Waals surface area contributed by atoms with Gasteiger partial charge < -0.3 is 20.4 Å². The number of carbonyl (C=O) groups excluding carboxylic acids is 1. The molecule has 0 spiro atoms. The van der Waals surface area contributed by atoms with Gasteiger partial charge in [0.15, 0.2) is 5.96 Å². The maximum absolute atomic E-state index is 12.9. The largest absolute Gasteiger partial charge is 0.467 e. The second kappa shape index (κ2) is 12.0. The number of amides is 1. The van der Waals surface area contributed by atoms with E-state index in [1.807, 2.05) is 6.92 Å². The van der Waals surface area contributed by atoms with Crippen molar-refractivity contribution in [2.45, 2.75) is 24.8 Å². The van der Waals surface area contributed by atoms with Gasteiger partial charge in [-0.05, 0) is 55.5 Å². The van der Waals surface area contributed by atoms with E-state index >= 15 is 0 Å². The molecule has 1 amide bonds. The molecule has 146 valence electrons. The SMILES string of the molecule is CCNC(=NCC(=O)NCc1ccco1)NCCCSc1ccc(F)cc1. The van der Waals surface area contributed by atoms with Crippen LogP contribution in [0, 0.1) is 5.82 Å². The molecule has 0 bridgehead atoms. The fourth-order valence-corrected chi connectivity index (χ4v) is 3.00. The average Bonchev–Trinajstić information content (AvgIpc) is 3.19. The molecule has 0 aliphatic carbocycles. The van der Waals surface area contributed by atoms with E-state index in [1.54, 1.807) is 42.3 Å². The highest BCUT2D eigenvalue weighted by molar-refractivity contribution is 7.99. The number of nitrogens with one attached hydrogen (secondary N) is 3. The van der Waals surface area contributed by atoms with Crippen molar-refractivity contribution in [3.8, 4) is 0 Å². The lowest BCUT2D eigenvalue weighted by atomic mass is 10.4. The molecule has 3 N–H and O–H groups in total. The van der Waals surface area contributed by atoms with Crippen molar-refractivity contribution in [3.63, 3.8) is 0 Å². The predicted octanol–water partition coefficient (Wildman–Crippen LogP) is 2.77. The monoisotopic (exact) mass is 392 g/mol. The number of carbonyl (C=O) groups is 1. The summed E-state index contributed by atoms with van der Waals surface area (Å²) < 4.78 is 18.0. The molecule has 6 nitrogen and oxygen atoms in total. The van der Waals surface area contributed by atoms with Gasteiger partial charge in [0, 0.05) is 18.0 Å². The molecule has 0 radical (unpaired) electrons.